The second kappa shape index (κ2) is 26.1. The van der Waals surface area contributed by atoms with Crippen LogP contribution in [0.4, 0.5) is 15.9 Å². The average molecular weight is 1050 g/mol. The number of likely N-dealkylation sites (tertiary alicyclic amines) is 1. The molecule has 5 heterocycles. The molecule has 2 fully saturated rings. The van der Waals surface area contributed by atoms with Gasteiger partial charge >= 0.3 is 0 Å². The molecule has 6 N–H and O–H groups in total. The molecule has 0 radical (unpaired) electrons. The van der Waals surface area contributed by atoms with Crippen LogP contribution in [0, 0.1) is 11.2 Å². The highest BCUT2D eigenvalue weighted by Gasteiger charge is 2.45. The standard InChI is InChI=1S/C58H82FN11O6/c1-9-45(38-21-15-14-16-22-38)64-54(73)49-33-41(35-69(49)56(75)51(58(3,4)5)65-53(72)37(2)61-6)62-28-18-13-11-10-12-17-23-42(71)24-19-30-70-57(76-8)50-39-31-48(52(60)63-34-39)68-29-20-25-47(68)44-32-40(59)26-27-43(44)55(74)67(7)36-46(50)66-70/h14-16,21-22,26-27,31-32,34,37,41,45,47,49,51,61-62H,9-13,17-20,23-25,28-30,33,35-36H2,1-8H3,(H2,60,63)(H,64,73)(H,65,72)/t37-,41-,45+,47-,49-,51+/m1/s1. The highest BCUT2D eigenvalue weighted by Crippen LogP contribution is 2.44. The van der Waals surface area contributed by atoms with Gasteiger partial charge in [0.05, 0.1) is 48.7 Å². The number of pyridine rings is 1. The van der Waals surface area contributed by atoms with E-state index in [0.29, 0.717) is 91.5 Å². The molecule has 76 heavy (non-hydrogen) atoms. The number of nitrogen functional groups attached to an aromatic ring is 1. The van der Waals surface area contributed by atoms with Gasteiger partial charge < -0.3 is 46.4 Å². The SMILES string of the molecule is CC[C@H](NC(=O)[C@H]1C[C@@H](NCCCCCCCCC(=O)CCCn2nc3c(c2OC)-c2cnc(N)c(c2)N2CCC[C@@H]2c2cc(F)ccc2C(=O)N(C)C3)CN1C(=O)[C@H](NC(=O)[C@@H](C)NC)C(C)(C)C)c1ccccc1. The number of fused-ring (bicyclic) bond motifs is 8. The summed E-state index contributed by atoms with van der Waals surface area (Å²) in [6.45, 7) is 11.9. The summed E-state index contributed by atoms with van der Waals surface area (Å²) in [6, 6.07) is 13.6. The van der Waals surface area contributed by atoms with E-state index < -0.39 is 29.4 Å². The van der Waals surface area contributed by atoms with E-state index in [1.54, 1.807) is 54.9 Å². The number of likely N-dealkylation sites (N-methyl/N-ethyl adjacent to an activating group) is 1. The monoisotopic (exact) mass is 1050 g/mol. The minimum absolute atomic E-state index is 0.0880. The first-order valence-corrected chi connectivity index (χ1v) is 27.5. The van der Waals surface area contributed by atoms with Gasteiger partial charge in [-0.2, -0.15) is 5.10 Å². The van der Waals surface area contributed by atoms with E-state index >= 15 is 0 Å². The van der Waals surface area contributed by atoms with Crippen LogP contribution in [-0.4, -0.2) is 119 Å². The van der Waals surface area contributed by atoms with Crippen molar-refractivity contribution in [2.24, 2.45) is 5.41 Å². The zero-order chi connectivity index (χ0) is 54.7. The van der Waals surface area contributed by atoms with Crippen LogP contribution in [0.25, 0.3) is 11.1 Å². The Morgan fingerprint density at radius 2 is 1.68 bits per heavy atom. The van der Waals surface area contributed by atoms with Crippen LogP contribution in [0.15, 0.2) is 60.8 Å². The number of rotatable bonds is 23. The van der Waals surface area contributed by atoms with Gasteiger partial charge in [-0.25, -0.2) is 14.1 Å². The summed E-state index contributed by atoms with van der Waals surface area (Å²) >= 11 is 0. The van der Waals surface area contributed by atoms with E-state index in [1.165, 1.54) is 12.1 Å². The second-order valence-corrected chi connectivity index (χ2v) is 22.0. The Hall–Kier alpha value is -6.40. The number of carbonyl (C=O) groups excluding carboxylic acids is 5. The average Bonchev–Trinajstić information content (AvgIpc) is 4.16. The number of ketones is 1. The Morgan fingerprint density at radius 1 is 0.961 bits per heavy atom. The Bertz CT molecular complexity index is 2660. The van der Waals surface area contributed by atoms with Crippen LogP contribution < -0.4 is 36.6 Å². The summed E-state index contributed by atoms with van der Waals surface area (Å²) in [4.78, 5) is 78.8. The number of halogens is 1. The first kappa shape index (κ1) is 57.3. The van der Waals surface area contributed by atoms with E-state index in [-0.39, 0.29) is 54.1 Å². The van der Waals surface area contributed by atoms with E-state index in [0.717, 1.165) is 69.0 Å². The van der Waals surface area contributed by atoms with Crippen molar-refractivity contribution in [3.63, 3.8) is 0 Å². The number of Topliss-reactive ketones (excluding diaryl/α,β-unsaturated/α-hetero) is 1. The largest absolute Gasteiger partial charge is 0.481 e. The Balaban J connectivity index is 0.881. The van der Waals surface area contributed by atoms with Crippen molar-refractivity contribution in [1.29, 1.82) is 0 Å². The summed E-state index contributed by atoms with van der Waals surface area (Å²) in [5.74, 6) is -0.324. The topological polar surface area (TPSA) is 209 Å². The van der Waals surface area contributed by atoms with Gasteiger partial charge in [0.2, 0.25) is 23.6 Å². The fourth-order valence-electron chi connectivity index (χ4n) is 11.0. The molecule has 0 saturated carbocycles. The molecule has 4 aromatic rings. The lowest BCUT2D eigenvalue weighted by Gasteiger charge is -2.36. The molecule has 18 heteroatoms. The number of methoxy groups -OCH3 is 1. The highest BCUT2D eigenvalue weighted by atomic mass is 19.1. The molecule has 4 amide bonds. The molecule has 0 unspecified atom stereocenters. The van der Waals surface area contributed by atoms with Crippen LogP contribution in [0.3, 0.4) is 0 Å². The predicted octanol–water partition coefficient (Wildman–Crippen LogP) is 7.65. The molecule has 0 aliphatic carbocycles. The molecule has 2 aromatic carbocycles. The lowest BCUT2D eigenvalue weighted by molar-refractivity contribution is -0.144. The predicted molar refractivity (Wildman–Crippen MR) is 294 cm³/mol. The van der Waals surface area contributed by atoms with Gasteiger partial charge in [-0.3, -0.25) is 24.0 Å². The summed E-state index contributed by atoms with van der Waals surface area (Å²) < 4.78 is 22.5. The van der Waals surface area contributed by atoms with Crippen molar-refractivity contribution in [3.05, 3.63) is 89.0 Å². The van der Waals surface area contributed by atoms with E-state index in [9.17, 15) is 28.4 Å². The number of aromatic nitrogens is 3. The number of anilines is 2. The number of nitrogens with one attached hydrogen (secondary N) is 4. The van der Waals surface area contributed by atoms with Crippen molar-refractivity contribution in [1.82, 2.24) is 45.8 Å². The minimum atomic E-state index is -0.825. The summed E-state index contributed by atoms with van der Waals surface area (Å²) in [6.07, 6.45) is 11.7. The maximum atomic E-state index is 14.8. The van der Waals surface area contributed by atoms with Crippen molar-refractivity contribution in [3.8, 4) is 17.0 Å². The van der Waals surface area contributed by atoms with Crippen LogP contribution in [-0.2, 0) is 32.3 Å². The summed E-state index contributed by atoms with van der Waals surface area (Å²) in [7, 11) is 5.01. The number of nitrogens with two attached hydrogens (primary N) is 1. The van der Waals surface area contributed by atoms with Gasteiger partial charge in [-0.05, 0) is 106 Å². The zero-order valence-corrected chi connectivity index (χ0v) is 46.1. The third kappa shape index (κ3) is 13.8. The quantitative estimate of drug-likeness (QED) is 0.0454. The Morgan fingerprint density at radius 3 is 2.39 bits per heavy atom. The number of hydrogen-bond acceptors (Lipinski definition) is 12. The first-order valence-electron chi connectivity index (χ1n) is 27.5. The molecule has 2 saturated heterocycles. The number of aryl methyl sites for hydroxylation is 1. The van der Waals surface area contributed by atoms with Gasteiger partial charge in [0.1, 0.15) is 29.5 Å². The van der Waals surface area contributed by atoms with Crippen LogP contribution in [0.1, 0.15) is 157 Å². The Kier molecular flexibility index (Phi) is 19.7. The van der Waals surface area contributed by atoms with Crippen LogP contribution in [0.2, 0.25) is 0 Å². The Labute approximate surface area is 448 Å². The third-order valence-electron chi connectivity index (χ3n) is 15.4. The number of unbranched alkanes of at least 4 members (excludes halogenated alkanes) is 5. The third-order valence-corrected chi connectivity index (χ3v) is 15.4. The molecular formula is C58H82FN11O6. The van der Waals surface area contributed by atoms with Crippen molar-refractivity contribution >= 4 is 40.9 Å². The van der Waals surface area contributed by atoms with Gasteiger partial charge in [0, 0.05) is 62.9 Å². The van der Waals surface area contributed by atoms with Crippen molar-refractivity contribution in [2.75, 3.05) is 51.5 Å². The van der Waals surface area contributed by atoms with E-state index in [4.69, 9.17) is 15.6 Å². The lowest BCUT2D eigenvalue weighted by Crippen LogP contribution is -2.59. The zero-order valence-electron chi connectivity index (χ0n) is 46.1. The van der Waals surface area contributed by atoms with Crippen LogP contribution in [0.5, 0.6) is 5.88 Å². The fourth-order valence-corrected chi connectivity index (χ4v) is 11.0. The normalized spacial score (nSPS) is 18.7. The van der Waals surface area contributed by atoms with Gasteiger partial charge in [0.15, 0.2) is 0 Å². The summed E-state index contributed by atoms with van der Waals surface area (Å²) in [5, 5.41) is 17.7. The molecule has 2 aromatic heterocycles. The van der Waals surface area contributed by atoms with E-state index in [1.807, 2.05) is 64.1 Å². The molecule has 7 rings (SSSR count). The highest BCUT2D eigenvalue weighted by molar-refractivity contribution is 5.96. The van der Waals surface area contributed by atoms with Gasteiger partial charge in [-0.15, -0.1) is 0 Å². The number of ether oxygens (including phenoxy) is 1. The number of carbonyl (C=O) groups is 5. The number of nitrogens with zero attached hydrogens (tertiary/aromatic N) is 6. The molecule has 0 spiro atoms. The minimum Gasteiger partial charge on any atom is -0.481 e. The molecule has 3 aliphatic rings. The van der Waals surface area contributed by atoms with E-state index in [2.05, 4.69) is 31.2 Å². The maximum Gasteiger partial charge on any atom is 0.254 e. The maximum absolute atomic E-state index is 14.8. The van der Waals surface area contributed by atoms with Gasteiger partial charge in [-0.1, -0.05) is 83.7 Å². The first-order chi connectivity index (χ1) is 36.4. The molecule has 3 aliphatic heterocycles. The second-order valence-electron chi connectivity index (χ2n) is 22.0. The van der Waals surface area contributed by atoms with Gasteiger partial charge in [0.25, 0.3) is 5.91 Å². The summed E-state index contributed by atoms with van der Waals surface area (Å²) in [5.41, 5.74) is 10.7. The lowest BCUT2D eigenvalue weighted by atomic mass is 9.85. The molecule has 412 valence electrons. The molecule has 6 atom stereocenters. The van der Waals surface area contributed by atoms with Crippen molar-refractivity contribution < 1.29 is 33.1 Å². The smallest absolute Gasteiger partial charge is 0.254 e. The van der Waals surface area contributed by atoms with Crippen molar-refractivity contribution in [2.45, 2.75) is 167 Å². The van der Waals surface area contributed by atoms with Crippen LogP contribution >= 0.6 is 0 Å². The number of hydrogen-bond donors (Lipinski definition) is 5. The molecule has 17 nitrogen and oxygen atoms in total. The fraction of sp³-hybridized carbons (Fsp3) is 0.569. The number of benzene rings is 2. The molecular weight excluding hydrogens is 966 g/mol. The number of amides is 4. The molecule has 2 bridgehead atoms.